The normalized spacial score (nSPS) is 13.8. The van der Waals surface area contributed by atoms with Gasteiger partial charge in [-0.3, -0.25) is 4.79 Å². The Bertz CT molecular complexity index is 336. The molecule has 0 fully saturated rings. The summed E-state index contributed by atoms with van der Waals surface area (Å²) in [7, 11) is -2.94. The Morgan fingerprint density at radius 2 is 1.78 bits per heavy atom. The second kappa shape index (κ2) is 8.64. The zero-order valence-corrected chi connectivity index (χ0v) is 12.6. The van der Waals surface area contributed by atoms with E-state index in [2.05, 4.69) is 13.8 Å². The fraction of sp³-hybridized carbons (Fsp3) is 0.923. The summed E-state index contributed by atoms with van der Waals surface area (Å²) in [5, 5.41) is 0. The van der Waals surface area contributed by atoms with E-state index in [1.165, 1.54) is 6.26 Å². The number of carbonyl (C=O) groups is 1. The number of hydrogen-bond donors (Lipinski definition) is 1. The minimum Gasteiger partial charge on any atom is -0.330 e. The van der Waals surface area contributed by atoms with Crippen molar-refractivity contribution in [3.63, 3.8) is 0 Å². The zero-order valence-electron chi connectivity index (χ0n) is 11.8. The Morgan fingerprint density at radius 1 is 1.17 bits per heavy atom. The number of nitrogens with two attached hydrogens (primary N) is 1. The summed E-state index contributed by atoms with van der Waals surface area (Å²) >= 11 is 0. The lowest BCUT2D eigenvalue weighted by Gasteiger charge is -2.19. The highest BCUT2D eigenvalue weighted by Gasteiger charge is 2.14. The maximum absolute atomic E-state index is 11.6. The average Bonchev–Trinajstić information content (AvgIpc) is 2.21. The van der Waals surface area contributed by atoms with Crippen molar-refractivity contribution < 1.29 is 13.2 Å². The molecule has 0 saturated heterocycles. The summed E-state index contributed by atoms with van der Waals surface area (Å²) in [4.78, 5) is 11.6. The maximum atomic E-state index is 11.6. The predicted molar refractivity (Wildman–Crippen MR) is 75.2 cm³/mol. The van der Waals surface area contributed by atoms with Crippen LogP contribution in [0, 0.1) is 11.8 Å². The molecular formula is C13H27NO3S. The minimum absolute atomic E-state index is 0.106. The molecule has 0 amide bonds. The molecule has 0 spiro atoms. The van der Waals surface area contributed by atoms with Gasteiger partial charge in [-0.15, -0.1) is 0 Å². The second-order valence-corrected chi connectivity index (χ2v) is 7.65. The van der Waals surface area contributed by atoms with Crippen molar-refractivity contribution in [3.05, 3.63) is 0 Å². The molecule has 0 aliphatic carbocycles. The number of sulfone groups is 1. The van der Waals surface area contributed by atoms with Crippen molar-refractivity contribution in [3.8, 4) is 0 Å². The molecule has 0 radical (unpaired) electrons. The van der Waals surface area contributed by atoms with Crippen molar-refractivity contribution >= 4 is 15.6 Å². The average molecular weight is 277 g/mol. The first-order valence-electron chi connectivity index (χ1n) is 6.65. The van der Waals surface area contributed by atoms with E-state index in [0.717, 1.165) is 12.8 Å². The van der Waals surface area contributed by atoms with E-state index in [9.17, 15) is 13.2 Å². The largest absolute Gasteiger partial charge is 0.330 e. The van der Waals surface area contributed by atoms with E-state index >= 15 is 0 Å². The van der Waals surface area contributed by atoms with Gasteiger partial charge in [-0.05, 0) is 37.6 Å². The summed E-state index contributed by atoms with van der Waals surface area (Å²) in [5.74, 6) is 1.31. The predicted octanol–water partition coefficient (Wildman–Crippen LogP) is 1.78. The zero-order chi connectivity index (χ0) is 14.2. The molecule has 0 aliphatic rings. The highest BCUT2D eigenvalue weighted by molar-refractivity contribution is 7.90. The van der Waals surface area contributed by atoms with Crippen molar-refractivity contribution in [2.75, 3.05) is 18.6 Å². The molecule has 1 unspecified atom stereocenters. The third kappa shape index (κ3) is 9.59. The molecule has 18 heavy (non-hydrogen) atoms. The fourth-order valence-electron chi connectivity index (χ4n) is 2.03. The van der Waals surface area contributed by atoms with Crippen molar-refractivity contribution in [2.45, 2.75) is 46.0 Å². The number of Topliss-reactive ketones (excluding diaryl/α,β-unsaturated/α-hetero) is 1. The third-order valence-corrected chi connectivity index (χ3v) is 4.28. The summed E-state index contributed by atoms with van der Waals surface area (Å²) in [5.41, 5.74) is 5.55. The molecule has 0 saturated carbocycles. The Morgan fingerprint density at radius 3 is 2.22 bits per heavy atom. The van der Waals surface area contributed by atoms with E-state index in [0.29, 0.717) is 37.6 Å². The van der Waals surface area contributed by atoms with Crippen LogP contribution >= 0.6 is 0 Å². The molecule has 5 heteroatoms. The van der Waals surface area contributed by atoms with Gasteiger partial charge in [0.05, 0.1) is 5.75 Å². The number of hydrogen-bond acceptors (Lipinski definition) is 4. The molecule has 0 heterocycles. The first-order valence-corrected chi connectivity index (χ1v) is 8.71. The molecule has 0 aromatic carbocycles. The number of ketones is 1. The van der Waals surface area contributed by atoms with Crippen LogP contribution in [-0.2, 0) is 14.6 Å². The summed E-state index contributed by atoms with van der Waals surface area (Å²) < 4.78 is 21.9. The van der Waals surface area contributed by atoms with Crippen LogP contribution in [0.2, 0.25) is 0 Å². The van der Waals surface area contributed by atoms with Crippen molar-refractivity contribution in [1.29, 1.82) is 0 Å². The van der Waals surface area contributed by atoms with Gasteiger partial charge in [0, 0.05) is 19.1 Å². The summed E-state index contributed by atoms with van der Waals surface area (Å²) in [6.07, 6.45) is 4.39. The molecule has 0 aliphatic heterocycles. The summed E-state index contributed by atoms with van der Waals surface area (Å²) in [6.45, 7) is 4.95. The van der Waals surface area contributed by atoms with E-state index in [-0.39, 0.29) is 11.5 Å². The topological polar surface area (TPSA) is 77.2 Å². The van der Waals surface area contributed by atoms with Crippen LogP contribution < -0.4 is 5.73 Å². The Hall–Kier alpha value is -0.420. The lowest BCUT2D eigenvalue weighted by molar-refractivity contribution is -0.119. The van der Waals surface area contributed by atoms with E-state index < -0.39 is 9.84 Å². The van der Waals surface area contributed by atoms with Crippen LogP contribution in [0.1, 0.15) is 46.0 Å². The molecule has 0 aromatic rings. The Labute approximate surface area is 111 Å². The quantitative estimate of drug-likeness (QED) is 0.660. The van der Waals surface area contributed by atoms with Crippen LogP contribution in [-0.4, -0.2) is 32.8 Å². The molecule has 1 atom stereocenters. The van der Waals surface area contributed by atoms with Crippen molar-refractivity contribution in [1.82, 2.24) is 0 Å². The second-order valence-electron chi connectivity index (χ2n) is 5.39. The number of rotatable bonds is 10. The standard InChI is InChI=1S/C13H27NO3S/c1-11(2)12(8-9-14)6-7-13(15)5-4-10-18(3,16)17/h11-12H,4-10,14H2,1-3H3. The Kier molecular flexibility index (Phi) is 8.44. The van der Waals surface area contributed by atoms with Gasteiger partial charge in [-0.2, -0.15) is 0 Å². The monoisotopic (exact) mass is 277 g/mol. The van der Waals surface area contributed by atoms with Gasteiger partial charge in [-0.25, -0.2) is 8.42 Å². The highest BCUT2D eigenvalue weighted by atomic mass is 32.2. The Balaban J connectivity index is 3.87. The van der Waals surface area contributed by atoms with Crippen LogP contribution in [0.4, 0.5) is 0 Å². The van der Waals surface area contributed by atoms with Gasteiger partial charge < -0.3 is 5.73 Å². The van der Waals surface area contributed by atoms with Crippen LogP contribution in [0.15, 0.2) is 0 Å². The van der Waals surface area contributed by atoms with Gasteiger partial charge in [0.1, 0.15) is 15.6 Å². The van der Waals surface area contributed by atoms with E-state index in [1.807, 2.05) is 0 Å². The molecule has 108 valence electrons. The molecule has 0 rings (SSSR count). The van der Waals surface area contributed by atoms with Crippen LogP contribution in [0.5, 0.6) is 0 Å². The van der Waals surface area contributed by atoms with Gasteiger partial charge >= 0.3 is 0 Å². The summed E-state index contributed by atoms with van der Waals surface area (Å²) in [6, 6.07) is 0. The van der Waals surface area contributed by atoms with E-state index in [1.54, 1.807) is 0 Å². The van der Waals surface area contributed by atoms with Crippen LogP contribution in [0.25, 0.3) is 0 Å². The van der Waals surface area contributed by atoms with Gasteiger partial charge in [0.15, 0.2) is 0 Å². The molecule has 0 bridgehead atoms. The maximum Gasteiger partial charge on any atom is 0.147 e. The number of carbonyl (C=O) groups excluding carboxylic acids is 1. The van der Waals surface area contributed by atoms with Gasteiger partial charge in [0.25, 0.3) is 0 Å². The lowest BCUT2D eigenvalue weighted by Crippen LogP contribution is -2.16. The third-order valence-electron chi connectivity index (χ3n) is 3.24. The minimum atomic E-state index is -2.94. The SMILES string of the molecule is CC(C)C(CCN)CCC(=O)CCCS(C)(=O)=O. The van der Waals surface area contributed by atoms with Gasteiger partial charge in [-0.1, -0.05) is 13.8 Å². The first kappa shape index (κ1) is 17.6. The smallest absolute Gasteiger partial charge is 0.147 e. The first-order chi connectivity index (χ1) is 8.26. The highest BCUT2D eigenvalue weighted by Crippen LogP contribution is 2.21. The fourth-order valence-corrected chi connectivity index (χ4v) is 2.70. The molecule has 0 aromatic heterocycles. The molecule has 2 N–H and O–H groups in total. The van der Waals surface area contributed by atoms with Crippen molar-refractivity contribution in [2.24, 2.45) is 17.6 Å². The van der Waals surface area contributed by atoms with E-state index in [4.69, 9.17) is 5.73 Å². The van der Waals surface area contributed by atoms with Gasteiger partial charge in [0.2, 0.25) is 0 Å². The lowest BCUT2D eigenvalue weighted by atomic mass is 9.87. The van der Waals surface area contributed by atoms with Crippen LogP contribution in [0.3, 0.4) is 0 Å². The molecular weight excluding hydrogens is 250 g/mol. The molecule has 4 nitrogen and oxygen atoms in total.